The molecule has 18 heavy (non-hydrogen) atoms. The molecule has 9 heteroatoms. The second kappa shape index (κ2) is 4.56. The number of hydrogen-bond acceptors (Lipinski definition) is 7. The lowest BCUT2D eigenvalue weighted by atomic mass is 10.6. The minimum absolute atomic E-state index is 0.0402. The molecule has 2 aromatic heterocycles. The third-order valence-electron chi connectivity index (χ3n) is 2.24. The molecule has 0 aromatic carbocycles. The molecular weight excluding hydrogens is 294 g/mol. The summed E-state index contributed by atoms with van der Waals surface area (Å²) in [6.07, 6.45) is 2.96. The molecule has 96 valence electrons. The van der Waals surface area contributed by atoms with Crippen LogP contribution in [0.1, 0.15) is 0 Å². The number of nitrogens with zero attached hydrogens (tertiary/aromatic N) is 2. The van der Waals surface area contributed by atoms with E-state index in [0.717, 1.165) is 5.75 Å². The maximum Gasteiger partial charge on any atom is 0.279 e. The van der Waals surface area contributed by atoms with Gasteiger partial charge in [-0.25, -0.2) is 18.4 Å². The van der Waals surface area contributed by atoms with Crippen molar-refractivity contribution in [2.24, 2.45) is 0 Å². The Morgan fingerprint density at radius 3 is 3.00 bits per heavy atom. The van der Waals surface area contributed by atoms with Crippen molar-refractivity contribution in [1.82, 2.24) is 15.0 Å². The average Bonchev–Trinajstić information content (AvgIpc) is 2.84. The zero-order valence-corrected chi connectivity index (χ0v) is 11.5. The van der Waals surface area contributed by atoms with Crippen LogP contribution in [0.25, 0.3) is 0 Å². The Labute approximate surface area is 112 Å². The SMILES string of the molecule is O=S(=O)(CC1CS1)c1ncc(Oc2nccs2)[nH]1. The fourth-order valence-electron chi connectivity index (χ4n) is 1.34. The summed E-state index contributed by atoms with van der Waals surface area (Å²) in [6.45, 7) is 0. The summed E-state index contributed by atoms with van der Waals surface area (Å²) in [5, 5.41) is 2.39. The van der Waals surface area contributed by atoms with Crippen molar-refractivity contribution in [3.8, 4) is 11.1 Å². The van der Waals surface area contributed by atoms with Crippen molar-refractivity contribution in [3.05, 3.63) is 17.8 Å². The highest BCUT2D eigenvalue weighted by atomic mass is 32.2. The largest absolute Gasteiger partial charge is 0.412 e. The van der Waals surface area contributed by atoms with Gasteiger partial charge in [-0.15, -0.1) is 0 Å². The van der Waals surface area contributed by atoms with Crippen molar-refractivity contribution in [3.63, 3.8) is 0 Å². The Hall–Kier alpha value is -1.06. The van der Waals surface area contributed by atoms with Crippen LogP contribution < -0.4 is 4.74 Å². The van der Waals surface area contributed by atoms with Crippen LogP contribution in [0.5, 0.6) is 11.1 Å². The first-order chi connectivity index (χ1) is 8.63. The van der Waals surface area contributed by atoms with Gasteiger partial charge in [-0.1, -0.05) is 11.3 Å². The molecule has 1 aliphatic heterocycles. The number of thioether (sulfide) groups is 1. The lowest BCUT2D eigenvalue weighted by molar-refractivity contribution is 0.459. The van der Waals surface area contributed by atoms with E-state index < -0.39 is 9.84 Å². The van der Waals surface area contributed by atoms with Gasteiger partial charge in [-0.3, -0.25) is 4.98 Å². The summed E-state index contributed by atoms with van der Waals surface area (Å²) in [5.41, 5.74) is 0. The standard InChI is InChI=1S/C9H9N3O3S3/c13-18(14,5-6-4-17-6)8-11-3-7(12-8)15-9-10-1-2-16-9/h1-3,6H,4-5H2,(H,11,12). The first-order valence-electron chi connectivity index (χ1n) is 5.10. The number of aromatic nitrogens is 3. The van der Waals surface area contributed by atoms with Gasteiger partial charge < -0.3 is 4.74 Å². The van der Waals surface area contributed by atoms with Crippen molar-refractivity contribution in [2.75, 3.05) is 11.5 Å². The van der Waals surface area contributed by atoms with Crippen molar-refractivity contribution in [2.45, 2.75) is 10.4 Å². The number of sulfone groups is 1. The van der Waals surface area contributed by atoms with E-state index in [4.69, 9.17) is 4.74 Å². The van der Waals surface area contributed by atoms with Crippen molar-refractivity contribution < 1.29 is 13.2 Å². The highest BCUT2D eigenvalue weighted by molar-refractivity contribution is 8.08. The molecule has 0 amide bonds. The topological polar surface area (TPSA) is 84.9 Å². The first kappa shape index (κ1) is 12.0. The van der Waals surface area contributed by atoms with Crippen LogP contribution in [0.15, 0.2) is 22.9 Å². The monoisotopic (exact) mass is 303 g/mol. The van der Waals surface area contributed by atoms with Crippen LogP contribution in [-0.2, 0) is 9.84 Å². The summed E-state index contributed by atoms with van der Waals surface area (Å²) in [5.74, 6) is 1.32. The van der Waals surface area contributed by atoms with Gasteiger partial charge in [-0.05, 0) is 0 Å². The lowest BCUT2D eigenvalue weighted by Crippen LogP contribution is -2.12. The minimum Gasteiger partial charge on any atom is -0.412 e. The molecule has 1 aliphatic rings. The summed E-state index contributed by atoms with van der Waals surface area (Å²) < 4.78 is 29.2. The second-order valence-electron chi connectivity index (χ2n) is 3.69. The number of hydrogen-bond donors (Lipinski definition) is 1. The van der Waals surface area contributed by atoms with Crippen LogP contribution in [0, 0.1) is 0 Å². The maximum atomic E-state index is 11.9. The number of nitrogens with one attached hydrogen (secondary N) is 1. The van der Waals surface area contributed by atoms with E-state index in [9.17, 15) is 8.42 Å². The molecule has 1 unspecified atom stereocenters. The average molecular weight is 303 g/mol. The fraction of sp³-hybridized carbons (Fsp3) is 0.333. The van der Waals surface area contributed by atoms with Crippen molar-refractivity contribution >= 4 is 32.9 Å². The van der Waals surface area contributed by atoms with E-state index in [-0.39, 0.29) is 22.0 Å². The molecule has 0 saturated carbocycles. The molecule has 3 rings (SSSR count). The molecule has 0 spiro atoms. The van der Waals surface area contributed by atoms with Crippen LogP contribution >= 0.6 is 23.1 Å². The Kier molecular flexibility index (Phi) is 3.04. The molecular formula is C9H9N3O3S3. The molecule has 1 saturated heterocycles. The third-order valence-corrected chi connectivity index (χ3v) is 5.71. The molecule has 1 atom stereocenters. The van der Waals surface area contributed by atoms with E-state index in [2.05, 4.69) is 15.0 Å². The molecule has 1 fully saturated rings. The van der Waals surface area contributed by atoms with Crippen LogP contribution in [0.3, 0.4) is 0 Å². The molecule has 3 heterocycles. The number of aromatic amines is 1. The number of rotatable bonds is 5. The highest BCUT2D eigenvalue weighted by Crippen LogP contribution is 2.32. The Morgan fingerprint density at radius 1 is 1.50 bits per heavy atom. The quantitative estimate of drug-likeness (QED) is 0.844. The van der Waals surface area contributed by atoms with Gasteiger partial charge in [0.2, 0.25) is 20.9 Å². The van der Waals surface area contributed by atoms with Gasteiger partial charge in [0.05, 0.1) is 11.9 Å². The van der Waals surface area contributed by atoms with E-state index in [1.165, 1.54) is 17.5 Å². The van der Waals surface area contributed by atoms with Gasteiger partial charge in [0.25, 0.3) is 5.19 Å². The zero-order chi connectivity index (χ0) is 12.6. The summed E-state index contributed by atoms with van der Waals surface area (Å²) in [6, 6.07) is 0. The Balaban J connectivity index is 1.76. The summed E-state index contributed by atoms with van der Waals surface area (Å²) in [7, 11) is -3.34. The van der Waals surface area contributed by atoms with Crippen LogP contribution in [0.4, 0.5) is 0 Å². The smallest absolute Gasteiger partial charge is 0.279 e. The Bertz CT molecular complexity index is 631. The van der Waals surface area contributed by atoms with Crippen LogP contribution in [-0.4, -0.2) is 40.1 Å². The summed E-state index contributed by atoms with van der Waals surface area (Å²) >= 11 is 2.96. The van der Waals surface area contributed by atoms with Gasteiger partial charge >= 0.3 is 0 Å². The minimum atomic E-state index is -3.34. The molecule has 0 bridgehead atoms. The number of imidazole rings is 1. The number of H-pyrrole nitrogens is 1. The molecule has 2 aromatic rings. The predicted molar refractivity (Wildman–Crippen MR) is 69.1 cm³/mol. The molecule has 0 radical (unpaired) electrons. The van der Waals surface area contributed by atoms with E-state index in [0.29, 0.717) is 5.19 Å². The number of ether oxygens (including phenoxy) is 1. The predicted octanol–water partition coefficient (Wildman–Crippen LogP) is 1.55. The van der Waals surface area contributed by atoms with Gasteiger partial charge in [0.15, 0.2) is 0 Å². The number of thiazole rings is 1. The second-order valence-corrected chi connectivity index (χ2v) is 7.83. The third kappa shape index (κ3) is 2.68. The maximum absolute atomic E-state index is 11.9. The van der Waals surface area contributed by atoms with E-state index in [1.54, 1.807) is 23.3 Å². The lowest BCUT2D eigenvalue weighted by Gasteiger charge is -1.98. The van der Waals surface area contributed by atoms with Gasteiger partial charge in [0.1, 0.15) is 0 Å². The summed E-state index contributed by atoms with van der Waals surface area (Å²) in [4.78, 5) is 10.4. The first-order valence-corrected chi connectivity index (χ1v) is 8.68. The normalized spacial score (nSPS) is 18.8. The van der Waals surface area contributed by atoms with Gasteiger partial charge in [-0.2, -0.15) is 11.8 Å². The van der Waals surface area contributed by atoms with Crippen molar-refractivity contribution in [1.29, 1.82) is 0 Å². The molecule has 6 nitrogen and oxygen atoms in total. The fourth-order valence-corrected chi connectivity index (χ4v) is 4.40. The molecule has 1 N–H and O–H groups in total. The highest BCUT2D eigenvalue weighted by Gasteiger charge is 2.31. The molecule has 0 aliphatic carbocycles. The van der Waals surface area contributed by atoms with E-state index >= 15 is 0 Å². The van der Waals surface area contributed by atoms with E-state index in [1.807, 2.05) is 0 Å². The zero-order valence-electron chi connectivity index (χ0n) is 9.07. The van der Waals surface area contributed by atoms with Gasteiger partial charge in [0, 0.05) is 22.6 Å². The van der Waals surface area contributed by atoms with Crippen LogP contribution in [0.2, 0.25) is 0 Å². The Morgan fingerprint density at radius 2 is 2.33 bits per heavy atom.